The Hall–Kier alpha value is -1.78. The molecule has 5 heteroatoms. The number of likely N-dealkylation sites (tertiary alicyclic amines) is 1. The standard InChI is InChI=1S/C14H20N2O3.C2H6/c15-11-6-2-1-5-10(9-11)13(17)16-8-4-3-7-12(16)14(18)19;1-2/h6,9,12H,1-5,7-8,15H2,(H,18,19);1-2H3. The average Bonchev–Trinajstić information content (AvgIpc) is 2.73. The van der Waals surface area contributed by atoms with Crippen LogP contribution < -0.4 is 5.73 Å². The molecule has 0 aromatic heterocycles. The van der Waals surface area contributed by atoms with Crippen molar-refractivity contribution in [1.82, 2.24) is 4.90 Å². The molecule has 3 N–H and O–H groups in total. The zero-order valence-electron chi connectivity index (χ0n) is 13.0. The van der Waals surface area contributed by atoms with Gasteiger partial charge in [-0.3, -0.25) is 4.79 Å². The zero-order chi connectivity index (χ0) is 15.8. The van der Waals surface area contributed by atoms with Gasteiger partial charge in [0.05, 0.1) is 0 Å². The second-order valence-corrected chi connectivity index (χ2v) is 5.11. The van der Waals surface area contributed by atoms with E-state index in [-0.39, 0.29) is 5.91 Å². The maximum absolute atomic E-state index is 12.5. The summed E-state index contributed by atoms with van der Waals surface area (Å²) in [6.45, 7) is 4.52. The molecular weight excluding hydrogens is 268 g/mol. The van der Waals surface area contributed by atoms with Crippen LogP contribution in [0.5, 0.6) is 0 Å². The number of carboxylic acid groups (broad SMARTS) is 1. The Balaban J connectivity index is 0.00000106. The van der Waals surface area contributed by atoms with Crippen molar-refractivity contribution < 1.29 is 14.7 Å². The molecule has 5 nitrogen and oxygen atoms in total. The molecule has 1 amide bonds. The summed E-state index contributed by atoms with van der Waals surface area (Å²) in [6.07, 6.45) is 8.29. The summed E-state index contributed by atoms with van der Waals surface area (Å²) >= 11 is 0. The Morgan fingerprint density at radius 2 is 2.00 bits per heavy atom. The molecule has 1 atom stereocenters. The molecule has 118 valence electrons. The van der Waals surface area contributed by atoms with Gasteiger partial charge in [0.15, 0.2) is 0 Å². The van der Waals surface area contributed by atoms with Crippen LogP contribution in [0.3, 0.4) is 0 Å². The number of piperidine rings is 1. The number of allylic oxidation sites excluding steroid dienone is 2. The van der Waals surface area contributed by atoms with Gasteiger partial charge in [0, 0.05) is 17.8 Å². The predicted octanol–water partition coefficient (Wildman–Crippen LogP) is 2.43. The predicted molar refractivity (Wildman–Crippen MR) is 82.5 cm³/mol. The van der Waals surface area contributed by atoms with Gasteiger partial charge in [0.25, 0.3) is 5.91 Å². The number of carboxylic acids is 1. The molecule has 0 aromatic carbocycles. The lowest BCUT2D eigenvalue weighted by Gasteiger charge is -2.33. The number of amides is 1. The van der Waals surface area contributed by atoms with E-state index in [0.717, 1.165) is 25.7 Å². The minimum atomic E-state index is -0.911. The molecule has 2 aliphatic rings. The first-order chi connectivity index (χ1) is 10.1. The van der Waals surface area contributed by atoms with Gasteiger partial charge in [-0.2, -0.15) is 0 Å². The van der Waals surface area contributed by atoms with Gasteiger partial charge in [0.2, 0.25) is 0 Å². The van der Waals surface area contributed by atoms with E-state index >= 15 is 0 Å². The van der Waals surface area contributed by atoms with Gasteiger partial charge in [-0.1, -0.05) is 19.9 Å². The fourth-order valence-corrected chi connectivity index (χ4v) is 2.68. The zero-order valence-corrected chi connectivity index (χ0v) is 13.0. The largest absolute Gasteiger partial charge is 0.480 e. The molecule has 21 heavy (non-hydrogen) atoms. The Labute approximate surface area is 126 Å². The summed E-state index contributed by atoms with van der Waals surface area (Å²) in [6, 6.07) is -0.685. The number of rotatable bonds is 2. The van der Waals surface area contributed by atoms with Crippen LogP contribution in [-0.2, 0) is 9.59 Å². The number of nitrogens with zero attached hydrogens (tertiary/aromatic N) is 1. The van der Waals surface area contributed by atoms with Crippen LogP contribution in [0.4, 0.5) is 0 Å². The van der Waals surface area contributed by atoms with Gasteiger partial charge in [0.1, 0.15) is 6.04 Å². The summed E-state index contributed by atoms with van der Waals surface area (Å²) < 4.78 is 0. The summed E-state index contributed by atoms with van der Waals surface area (Å²) in [5, 5.41) is 9.21. The van der Waals surface area contributed by atoms with E-state index in [1.807, 2.05) is 19.9 Å². The van der Waals surface area contributed by atoms with Crippen LogP contribution in [0.25, 0.3) is 0 Å². The van der Waals surface area contributed by atoms with Crippen LogP contribution in [-0.4, -0.2) is 34.5 Å². The highest BCUT2D eigenvalue weighted by atomic mass is 16.4. The summed E-state index contributed by atoms with van der Waals surface area (Å²) in [5.74, 6) is -1.07. The van der Waals surface area contributed by atoms with Gasteiger partial charge < -0.3 is 15.7 Å². The minimum Gasteiger partial charge on any atom is -0.480 e. The lowest BCUT2D eigenvalue weighted by Crippen LogP contribution is -2.48. The second-order valence-electron chi connectivity index (χ2n) is 5.11. The highest BCUT2D eigenvalue weighted by molar-refractivity contribution is 5.96. The first-order valence-electron chi connectivity index (χ1n) is 7.79. The van der Waals surface area contributed by atoms with Crippen molar-refractivity contribution in [3.63, 3.8) is 0 Å². The third kappa shape index (κ3) is 4.62. The first-order valence-corrected chi connectivity index (χ1v) is 7.79. The Morgan fingerprint density at radius 3 is 2.67 bits per heavy atom. The van der Waals surface area contributed by atoms with Gasteiger partial charge in [-0.25, -0.2) is 4.79 Å². The molecule has 1 unspecified atom stereocenters. The van der Waals surface area contributed by atoms with E-state index in [1.165, 1.54) is 4.90 Å². The molecule has 0 bridgehead atoms. The normalized spacial score (nSPS) is 22.2. The quantitative estimate of drug-likeness (QED) is 0.819. The van der Waals surface area contributed by atoms with Crippen molar-refractivity contribution >= 4 is 11.9 Å². The topological polar surface area (TPSA) is 83.6 Å². The second kappa shape index (κ2) is 8.49. The maximum atomic E-state index is 12.5. The van der Waals surface area contributed by atoms with E-state index in [2.05, 4.69) is 0 Å². The Kier molecular flexibility index (Phi) is 6.99. The molecule has 2 rings (SSSR count). The van der Waals surface area contributed by atoms with E-state index in [4.69, 9.17) is 5.73 Å². The number of hydrogen-bond donors (Lipinski definition) is 2. The molecule has 1 aliphatic carbocycles. The van der Waals surface area contributed by atoms with Crippen molar-refractivity contribution in [2.75, 3.05) is 6.54 Å². The van der Waals surface area contributed by atoms with Crippen LogP contribution in [0.2, 0.25) is 0 Å². The lowest BCUT2D eigenvalue weighted by atomic mass is 9.99. The molecule has 0 radical (unpaired) electrons. The minimum absolute atomic E-state index is 0.162. The number of hydrogen-bond acceptors (Lipinski definition) is 3. The first kappa shape index (κ1) is 17.3. The number of carbonyl (C=O) groups excluding carboxylic acids is 1. The third-order valence-corrected chi connectivity index (χ3v) is 3.69. The molecule has 1 saturated heterocycles. The third-order valence-electron chi connectivity index (χ3n) is 3.69. The lowest BCUT2D eigenvalue weighted by molar-refractivity contribution is -0.150. The van der Waals surface area contributed by atoms with Gasteiger partial charge >= 0.3 is 5.97 Å². The SMILES string of the molecule is CC.NC1=CCCCC(C(=O)N2CCCCC2C(=O)O)=C1. The van der Waals surface area contributed by atoms with Crippen molar-refractivity contribution in [2.45, 2.75) is 58.4 Å². The monoisotopic (exact) mass is 294 g/mol. The van der Waals surface area contributed by atoms with Crippen molar-refractivity contribution in [2.24, 2.45) is 5.73 Å². The molecule has 1 fully saturated rings. The van der Waals surface area contributed by atoms with Crippen LogP contribution in [0.15, 0.2) is 23.4 Å². The molecular formula is C16H26N2O3. The number of aliphatic carboxylic acids is 1. The Bertz CT molecular complexity index is 441. The average molecular weight is 294 g/mol. The van der Waals surface area contributed by atoms with E-state index in [1.54, 1.807) is 6.08 Å². The molecule has 0 saturated carbocycles. The molecule has 1 heterocycles. The smallest absolute Gasteiger partial charge is 0.326 e. The van der Waals surface area contributed by atoms with Crippen molar-refractivity contribution in [1.29, 1.82) is 0 Å². The van der Waals surface area contributed by atoms with Gasteiger partial charge in [-0.15, -0.1) is 0 Å². The van der Waals surface area contributed by atoms with Crippen LogP contribution in [0.1, 0.15) is 52.4 Å². The Morgan fingerprint density at radius 1 is 1.29 bits per heavy atom. The summed E-state index contributed by atoms with van der Waals surface area (Å²) in [4.78, 5) is 25.2. The number of nitrogens with two attached hydrogens (primary N) is 1. The van der Waals surface area contributed by atoms with Crippen LogP contribution >= 0.6 is 0 Å². The van der Waals surface area contributed by atoms with Crippen molar-refractivity contribution in [3.05, 3.63) is 23.4 Å². The van der Waals surface area contributed by atoms with Gasteiger partial charge in [-0.05, 0) is 44.6 Å². The molecule has 0 aromatic rings. The fraction of sp³-hybridized carbons (Fsp3) is 0.625. The van der Waals surface area contributed by atoms with Crippen molar-refractivity contribution in [3.8, 4) is 0 Å². The highest BCUT2D eigenvalue weighted by Crippen LogP contribution is 2.23. The molecule has 1 aliphatic heterocycles. The van der Waals surface area contributed by atoms with E-state index in [0.29, 0.717) is 30.7 Å². The maximum Gasteiger partial charge on any atom is 0.326 e. The number of carbonyl (C=O) groups is 2. The molecule has 0 spiro atoms. The highest BCUT2D eigenvalue weighted by Gasteiger charge is 2.33. The fourth-order valence-electron chi connectivity index (χ4n) is 2.68. The van der Waals surface area contributed by atoms with E-state index in [9.17, 15) is 14.7 Å². The summed E-state index contributed by atoms with van der Waals surface area (Å²) in [5.41, 5.74) is 7.02. The van der Waals surface area contributed by atoms with E-state index < -0.39 is 12.0 Å². The summed E-state index contributed by atoms with van der Waals surface area (Å²) in [7, 11) is 0. The van der Waals surface area contributed by atoms with Crippen LogP contribution in [0, 0.1) is 0 Å².